The standard InChI is InChI=1S/C9H17NO3/c1-2-13-9(11)4-3-8-7-12-6-5-10-8/h8,10H,2-7H2,1H3/t8-/m1/s1. The maximum atomic E-state index is 11.0. The molecule has 0 radical (unpaired) electrons. The lowest BCUT2D eigenvalue weighted by Gasteiger charge is -2.23. The first kappa shape index (κ1) is 10.5. The fourth-order valence-electron chi connectivity index (χ4n) is 1.33. The number of ether oxygens (including phenoxy) is 2. The number of rotatable bonds is 4. The smallest absolute Gasteiger partial charge is 0.305 e. The van der Waals surface area contributed by atoms with Crippen LogP contribution in [0.4, 0.5) is 0 Å². The molecule has 13 heavy (non-hydrogen) atoms. The van der Waals surface area contributed by atoms with Gasteiger partial charge in [0.25, 0.3) is 0 Å². The van der Waals surface area contributed by atoms with Crippen molar-refractivity contribution in [2.45, 2.75) is 25.8 Å². The van der Waals surface area contributed by atoms with Gasteiger partial charge < -0.3 is 14.8 Å². The topological polar surface area (TPSA) is 47.6 Å². The summed E-state index contributed by atoms with van der Waals surface area (Å²) in [7, 11) is 0. The quantitative estimate of drug-likeness (QED) is 0.644. The Balaban J connectivity index is 2.06. The number of morpholine rings is 1. The van der Waals surface area contributed by atoms with Crippen LogP contribution in [0.15, 0.2) is 0 Å². The fourth-order valence-corrected chi connectivity index (χ4v) is 1.33. The minimum atomic E-state index is -0.116. The van der Waals surface area contributed by atoms with Crippen LogP contribution in [0.25, 0.3) is 0 Å². The van der Waals surface area contributed by atoms with E-state index in [2.05, 4.69) is 5.32 Å². The summed E-state index contributed by atoms with van der Waals surface area (Å²) in [5, 5.41) is 3.28. The molecule has 0 bridgehead atoms. The average Bonchev–Trinajstić information content (AvgIpc) is 2.17. The summed E-state index contributed by atoms with van der Waals surface area (Å²) in [6.07, 6.45) is 1.29. The molecule has 1 fully saturated rings. The van der Waals surface area contributed by atoms with Gasteiger partial charge in [0.2, 0.25) is 0 Å². The number of carbonyl (C=O) groups is 1. The van der Waals surface area contributed by atoms with Crippen LogP contribution in [0, 0.1) is 0 Å². The molecule has 0 aromatic heterocycles. The molecule has 1 saturated heterocycles. The summed E-state index contributed by atoms with van der Waals surface area (Å²) in [6, 6.07) is 0.318. The van der Waals surface area contributed by atoms with Crippen molar-refractivity contribution in [3.8, 4) is 0 Å². The molecule has 0 aromatic carbocycles. The molecule has 0 spiro atoms. The van der Waals surface area contributed by atoms with Crippen LogP contribution in [0.1, 0.15) is 19.8 Å². The van der Waals surface area contributed by atoms with Gasteiger partial charge in [-0.3, -0.25) is 4.79 Å². The average molecular weight is 187 g/mol. The van der Waals surface area contributed by atoms with E-state index in [0.29, 0.717) is 25.7 Å². The van der Waals surface area contributed by atoms with Crippen LogP contribution in [-0.2, 0) is 14.3 Å². The lowest BCUT2D eigenvalue weighted by Crippen LogP contribution is -2.41. The molecular weight excluding hydrogens is 170 g/mol. The van der Waals surface area contributed by atoms with Crippen molar-refractivity contribution in [2.24, 2.45) is 0 Å². The molecule has 0 aromatic rings. The summed E-state index contributed by atoms with van der Waals surface area (Å²) < 4.78 is 10.1. The van der Waals surface area contributed by atoms with Crippen molar-refractivity contribution in [3.63, 3.8) is 0 Å². The van der Waals surface area contributed by atoms with Crippen LogP contribution < -0.4 is 5.32 Å². The van der Waals surface area contributed by atoms with Gasteiger partial charge in [-0.15, -0.1) is 0 Å². The van der Waals surface area contributed by atoms with Crippen molar-refractivity contribution in [3.05, 3.63) is 0 Å². The number of hydrogen-bond acceptors (Lipinski definition) is 4. The van der Waals surface area contributed by atoms with E-state index in [1.807, 2.05) is 6.92 Å². The second kappa shape index (κ2) is 5.94. The van der Waals surface area contributed by atoms with Gasteiger partial charge in [-0.2, -0.15) is 0 Å². The molecule has 1 N–H and O–H groups in total. The van der Waals surface area contributed by atoms with Crippen molar-refractivity contribution < 1.29 is 14.3 Å². The minimum Gasteiger partial charge on any atom is -0.466 e. The first-order valence-electron chi connectivity index (χ1n) is 4.79. The van der Waals surface area contributed by atoms with Crippen LogP contribution in [0.2, 0.25) is 0 Å². The third-order valence-electron chi connectivity index (χ3n) is 2.00. The van der Waals surface area contributed by atoms with E-state index in [4.69, 9.17) is 9.47 Å². The Kier molecular flexibility index (Phi) is 4.78. The van der Waals surface area contributed by atoms with Crippen LogP contribution in [0.5, 0.6) is 0 Å². The highest BCUT2D eigenvalue weighted by Crippen LogP contribution is 2.02. The van der Waals surface area contributed by atoms with Gasteiger partial charge in [-0.25, -0.2) is 0 Å². The maximum absolute atomic E-state index is 11.0. The van der Waals surface area contributed by atoms with E-state index in [9.17, 15) is 4.79 Å². The van der Waals surface area contributed by atoms with E-state index < -0.39 is 0 Å². The molecule has 4 nitrogen and oxygen atoms in total. The predicted octanol–water partition coefficient (Wildman–Crippen LogP) is 0.318. The van der Waals surface area contributed by atoms with Crippen LogP contribution in [0.3, 0.4) is 0 Å². The summed E-state index contributed by atoms with van der Waals surface area (Å²) in [5.74, 6) is -0.116. The lowest BCUT2D eigenvalue weighted by atomic mass is 10.1. The van der Waals surface area contributed by atoms with Gasteiger partial charge in [0.05, 0.1) is 19.8 Å². The van der Waals surface area contributed by atoms with Gasteiger partial charge in [0, 0.05) is 19.0 Å². The normalized spacial score (nSPS) is 22.7. The number of hydrogen-bond donors (Lipinski definition) is 1. The van der Waals surface area contributed by atoms with Crippen LogP contribution in [-0.4, -0.2) is 38.4 Å². The molecule has 1 atom stereocenters. The summed E-state index contributed by atoms with van der Waals surface area (Å²) in [5.41, 5.74) is 0. The summed E-state index contributed by atoms with van der Waals surface area (Å²) in [4.78, 5) is 11.0. The van der Waals surface area contributed by atoms with E-state index >= 15 is 0 Å². The zero-order chi connectivity index (χ0) is 9.52. The Morgan fingerprint density at radius 1 is 1.69 bits per heavy atom. The highest BCUT2D eigenvalue weighted by Gasteiger charge is 2.14. The van der Waals surface area contributed by atoms with Crippen molar-refractivity contribution in [1.82, 2.24) is 5.32 Å². The molecular formula is C9H17NO3. The Morgan fingerprint density at radius 3 is 3.15 bits per heavy atom. The minimum absolute atomic E-state index is 0.116. The highest BCUT2D eigenvalue weighted by molar-refractivity contribution is 5.69. The highest BCUT2D eigenvalue weighted by atomic mass is 16.5. The largest absolute Gasteiger partial charge is 0.466 e. The predicted molar refractivity (Wildman–Crippen MR) is 48.5 cm³/mol. The molecule has 1 rings (SSSR count). The maximum Gasteiger partial charge on any atom is 0.305 e. The van der Waals surface area contributed by atoms with Crippen molar-refractivity contribution >= 4 is 5.97 Å². The van der Waals surface area contributed by atoms with Crippen LogP contribution >= 0.6 is 0 Å². The molecule has 0 saturated carbocycles. The molecule has 4 heteroatoms. The van der Waals surface area contributed by atoms with E-state index in [1.54, 1.807) is 0 Å². The lowest BCUT2D eigenvalue weighted by molar-refractivity contribution is -0.143. The second-order valence-corrected chi connectivity index (χ2v) is 3.07. The Morgan fingerprint density at radius 2 is 2.54 bits per heavy atom. The Bertz CT molecular complexity index is 155. The van der Waals surface area contributed by atoms with E-state index in [1.165, 1.54) is 0 Å². The zero-order valence-corrected chi connectivity index (χ0v) is 8.04. The Hall–Kier alpha value is -0.610. The van der Waals surface area contributed by atoms with Gasteiger partial charge in [0.1, 0.15) is 0 Å². The number of carbonyl (C=O) groups excluding carboxylic acids is 1. The van der Waals surface area contributed by atoms with Gasteiger partial charge in [-0.05, 0) is 13.3 Å². The molecule has 0 aliphatic carbocycles. The van der Waals surface area contributed by atoms with E-state index in [-0.39, 0.29) is 5.97 Å². The third kappa shape index (κ3) is 4.24. The SMILES string of the molecule is CCOC(=O)CC[C@@H]1COCCN1. The Labute approximate surface area is 78.6 Å². The fraction of sp³-hybridized carbons (Fsp3) is 0.889. The monoisotopic (exact) mass is 187 g/mol. The molecule has 0 amide bonds. The molecule has 0 unspecified atom stereocenters. The number of esters is 1. The molecule has 1 aliphatic rings. The first-order valence-corrected chi connectivity index (χ1v) is 4.79. The zero-order valence-electron chi connectivity index (χ0n) is 8.04. The van der Waals surface area contributed by atoms with Gasteiger partial charge in [0.15, 0.2) is 0 Å². The second-order valence-electron chi connectivity index (χ2n) is 3.07. The van der Waals surface area contributed by atoms with E-state index in [0.717, 1.165) is 19.6 Å². The van der Waals surface area contributed by atoms with Crippen molar-refractivity contribution in [1.29, 1.82) is 0 Å². The van der Waals surface area contributed by atoms with Gasteiger partial charge in [-0.1, -0.05) is 0 Å². The molecule has 1 aliphatic heterocycles. The van der Waals surface area contributed by atoms with Gasteiger partial charge >= 0.3 is 5.97 Å². The molecule has 1 heterocycles. The summed E-state index contributed by atoms with van der Waals surface area (Å²) in [6.45, 7) is 4.65. The molecule has 76 valence electrons. The third-order valence-corrected chi connectivity index (χ3v) is 2.00. The van der Waals surface area contributed by atoms with Crippen molar-refractivity contribution in [2.75, 3.05) is 26.4 Å². The first-order chi connectivity index (χ1) is 6.33. The number of nitrogens with one attached hydrogen (secondary N) is 1. The summed E-state index contributed by atoms with van der Waals surface area (Å²) >= 11 is 0.